The van der Waals surface area contributed by atoms with Gasteiger partial charge in [0.1, 0.15) is 11.6 Å². The minimum absolute atomic E-state index is 0.000129. The van der Waals surface area contributed by atoms with Crippen LogP contribution in [0.1, 0.15) is 55.2 Å². The zero-order chi connectivity index (χ0) is 25.6. The first-order valence-electron chi connectivity index (χ1n) is 10.6. The Kier molecular flexibility index (Phi) is 9.37. The summed E-state index contributed by atoms with van der Waals surface area (Å²) in [6, 6.07) is 1.05. The third-order valence-electron chi connectivity index (χ3n) is 5.67. The number of carbonyl (C=O) groups is 2. The SMILES string of the molecule is NCCC[C@H](NC(=O)C1(C(=O)NCc2cc(C(F)(F)F)cc(C(F)(F)F)c2)CCCC1)OBO. The molecule has 2 rings (SSSR count). The Morgan fingerprint density at radius 2 is 1.62 bits per heavy atom. The van der Waals surface area contributed by atoms with Crippen LogP contribution in [0.25, 0.3) is 0 Å². The summed E-state index contributed by atoms with van der Waals surface area (Å²) in [5.41, 5.74) is 0.471. The number of alkyl halides is 6. The predicted octanol–water partition coefficient (Wildman–Crippen LogP) is 2.36. The maximum atomic E-state index is 13.1. The lowest BCUT2D eigenvalue weighted by atomic mass is 9.83. The molecule has 0 bridgehead atoms. The van der Waals surface area contributed by atoms with Crippen molar-refractivity contribution in [2.45, 2.75) is 63.7 Å². The van der Waals surface area contributed by atoms with Gasteiger partial charge in [-0.25, -0.2) is 0 Å². The number of hydrogen-bond donors (Lipinski definition) is 4. The van der Waals surface area contributed by atoms with Crippen LogP contribution >= 0.6 is 0 Å². The van der Waals surface area contributed by atoms with Gasteiger partial charge < -0.3 is 26.0 Å². The molecule has 1 fully saturated rings. The van der Waals surface area contributed by atoms with Crippen molar-refractivity contribution in [2.24, 2.45) is 11.1 Å². The van der Waals surface area contributed by atoms with Crippen molar-refractivity contribution >= 4 is 19.5 Å². The third kappa shape index (κ3) is 7.09. The van der Waals surface area contributed by atoms with Gasteiger partial charge in [0, 0.05) is 6.54 Å². The average molecular weight is 497 g/mol. The lowest BCUT2D eigenvalue weighted by Crippen LogP contribution is -2.53. The number of amides is 2. The van der Waals surface area contributed by atoms with E-state index in [-0.39, 0.29) is 25.3 Å². The van der Waals surface area contributed by atoms with Crippen LogP contribution in [0.15, 0.2) is 18.2 Å². The van der Waals surface area contributed by atoms with Gasteiger partial charge >= 0.3 is 20.0 Å². The molecule has 190 valence electrons. The van der Waals surface area contributed by atoms with Crippen molar-refractivity contribution in [1.82, 2.24) is 10.6 Å². The largest absolute Gasteiger partial charge is 0.436 e. The van der Waals surface area contributed by atoms with E-state index in [1.165, 1.54) is 0 Å². The topological polar surface area (TPSA) is 114 Å². The molecule has 1 saturated carbocycles. The number of benzene rings is 1. The summed E-state index contributed by atoms with van der Waals surface area (Å²) in [6.07, 6.45) is -8.88. The van der Waals surface area contributed by atoms with Crippen LogP contribution in [-0.2, 0) is 33.1 Å². The van der Waals surface area contributed by atoms with Crippen molar-refractivity contribution in [2.75, 3.05) is 6.54 Å². The van der Waals surface area contributed by atoms with E-state index >= 15 is 0 Å². The number of hydrogen-bond acceptors (Lipinski definition) is 5. The summed E-state index contributed by atoms with van der Waals surface area (Å²) >= 11 is 0. The van der Waals surface area contributed by atoms with E-state index in [1.54, 1.807) is 0 Å². The molecule has 0 unspecified atom stereocenters. The van der Waals surface area contributed by atoms with Gasteiger partial charge in [-0.1, -0.05) is 12.8 Å². The van der Waals surface area contributed by atoms with Gasteiger partial charge in [0.15, 0.2) is 0 Å². The first kappa shape index (κ1) is 27.9. The monoisotopic (exact) mass is 497 g/mol. The normalized spacial score (nSPS) is 16.7. The van der Waals surface area contributed by atoms with E-state index in [0.717, 1.165) is 0 Å². The quantitative estimate of drug-likeness (QED) is 0.172. The fourth-order valence-corrected chi connectivity index (χ4v) is 3.88. The second kappa shape index (κ2) is 11.4. The standard InChI is InChI=1S/C20H26BF6N3O4/c22-19(23,24)13-8-12(9-14(10-13)20(25,26)27)11-29-16(31)18(5-1-2-6-18)17(32)30-15(34-21-33)4-3-7-28/h8-10,15,21,33H,1-7,11,28H2,(H,29,31)(H,30,32)/t15-/m1/s1. The van der Waals surface area contributed by atoms with Crippen LogP contribution in [0.2, 0.25) is 0 Å². The molecular formula is C20H26BF6N3O4. The summed E-state index contributed by atoms with van der Waals surface area (Å²) < 4.78 is 83.5. The minimum atomic E-state index is -5.02. The Balaban J connectivity index is 2.21. The lowest BCUT2D eigenvalue weighted by molar-refractivity contribution is -0.145. The number of carbonyl (C=O) groups excluding carboxylic acids is 2. The molecule has 0 aromatic heterocycles. The molecule has 0 radical (unpaired) electrons. The van der Waals surface area contributed by atoms with E-state index < -0.39 is 66.7 Å². The van der Waals surface area contributed by atoms with Crippen LogP contribution in [0, 0.1) is 5.41 Å². The number of halogens is 6. The second-order valence-corrected chi connectivity index (χ2v) is 8.07. The van der Waals surface area contributed by atoms with Crippen molar-refractivity contribution < 1.29 is 45.6 Å². The zero-order valence-corrected chi connectivity index (χ0v) is 18.2. The van der Waals surface area contributed by atoms with Crippen LogP contribution in [0.4, 0.5) is 26.3 Å². The molecule has 34 heavy (non-hydrogen) atoms. The van der Waals surface area contributed by atoms with Gasteiger partial charge in [-0.05, 0) is 56.0 Å². The summed E-state index contributed by atoms with van der Waals surface area (Å²) in [4.78, 5) is 25.9. The minimum Gasteiger partial charge on any atom is -0.430 e. The van der Waals surface area contributed by atoms with Gasteiger partial charge in [-0.2, -0.15) is 26.3 Å². The van der Waals surface area contributed by atoms with Gasteiger partial charge in [0.05, 0.1) is 11.1 Å². The summed E-state index contributed by atoms with van der Waals surface area (Å²) in [7, 11) is -0.689. The molecule has 1 aromatic carbocycles. The van der Waals surface area contributed by atoms with Crippen LogP contribution in [0.3, 0.4) is 0 Å². The first-order chi connectivity index (χ1) is 15.8. The molecular weight excluding hydrogens is 471 g/mol. The third-order valence-corrected chi connectivity index (χ3v) is 5.67. The Labute approximate surface area is 192 Å². The van der Waals surface area contributed by atoms with Crippen molar-refractivity contribution in [3.05, 3.63) is 34.9 Å². The van der Waals surface area contributed by atoms with Crippen molar-refractivity contribution in [3.63, 3.8) is 0 Å². The van der Waals surface area contributed by atoms with E-state index in [1.807, 2.05) is 0 Å². The zero-order valence-electron chi connectivity index (χ0n) is 18.2. The van der Waals surface area contributed by atoms with Gasteiger partial charge in [-0.15, -0.1) is 0 Å². The molecule has 1 aromatic rings. The predicted molar refractivity (Wildman–Crippen MR) is 110 cm³/mol. The summed E-state index contributed by atoms with van der Waals surface area (Å²) in [6.45, 7) is -0.339. The van der Waals surface area contributed by atoms with E-state index in [9.17, 15) is 35.9 Å². The molecule has 7 nitrogen and oxygen atoms in total. The number of nitrogens with two attached hydrogens (primary N) is 1. The Bertz CT molecular complexity index is 827. The number of rotatable bonds is 10. The molecule has 2 amide bonds. The summed E-state index contributed by atoms with van der Waals surface area (Å²) in [5, 5.41) is 13.9. The lowest BCUT2D eigenvalue weighted by Gasteiger charge is -2.29. The van der Waals surface area contributed by atoms with Crippen molar-refractivity contribution in [3.8, 4) is 0 Å². The smallest absolute Gasteiger partial charge is 0.430 e. The highest BCUT2D eigenvalue weighted by atomic mass is 19.4. The van der Waals surface area contributed by atoms with E-state index in [4.69, 9.17) is 15.4 Å². The van der Waals surface area contributed by atoms with Crippen molar-refractivity contribution in [1.29, 1.82) is 0 Å². The van der Waals surface area contributed by atoms with Crippen LogP contribution in [-0.4, -0.2) is 37.3 Å². The van der Waals surface area contributed by atoms with Gasteiger partial charge in [0.25, 0.3) is 0 Å². The highest BCUT2D eigenvalue weighted by molar-refractivity contribution is 6.16. The molecule has 1 atom stereocenters. The van der Waals surface area contributed by atoms with Crippen LogP contribution in [0.5, 0.6) is 0 Å². The molecule has 0 heterocycles. The first-order valence-corrected chi connectivity index (χ1v) is 10.6. The molecule has 14 heteroatoms. The molecule has 0 saturated heterocycles. The Hall–Kier alpha value is -2.32. The molecule has 0 spiro atoms. The molecule has 0 aliphatic heterocycles. The molecule has 5 N–H and O–H groups in total. The van der Waals surface area contributed by atoms with Crippen LogP contribution < -0.4 is 16.4 Å². The molecule has 1 aliphatic rings. The highest BCUT2D eigenvalue weighted by Gasteiger charge is 2.48. The molecule has 1 aliphatic carbocycles. The fourth-order valence-electron chi connectivity index (χ4n) is 3.88. The fraction of sp³-hybridized carbons (Fsp3) is 0.600. The average Bonchev–Trinajstić information content (AvgIpc) is 3.26. The Morgan fingerprint density at radius 1 is 1.06 bits per heavy atom. The van der Waals surface area contributed by atoms with E-state index in [0.29, 0.717) is 37.9 Å². The van der Waals surface area contributed by atoms with Gasteiger partial charge in [-0.3, -0.25) is 9.59 Å². The Morgan fingerprint density at radius 3 is 2.09 bits per heavy atom. The van der Waals surface area contributed by atoms with Gasteiger partial charge in [0.2, 0.25) is 11.8 Å². The summed E-state index contributed by atoms with van der Waals surface area (Å²) in [5.74, 6) is -1.51. The maximum Gasteiger partial charge on any atom is 0.436 e. The van der Waals surface area contributed by atoms with E-state index in [2.05, 4.69) is 10.6 Å². The maximum absolute atomic E-state index is 13.1. The second-order valence-electron chi connectivity index (χ2n) is 8.07. The highest BCUT2D eigenvalue weighted by Crippen LogP contribution is 2.39. The number of nitrogens with one attached hydrogen (secondary N) is 2.